The van der Waals surface area contributed by atoms with Gasteiger partial charge in [-0.2, -0.15) is 0 Å². The summed E-state index contributed by atoms with van der Waals surface area (Å²) in [6.07, 6.45) is 28.7. The molecule has 0 unspecified atom stereocenters. The van der Waals surface area contributed by atoms with Gasteiger partial charge in [-0.1, -0.05) is 79.8 Å². The Labute approximate surface area is 264 Å². The first-order chi connectivity index (χ1) is 21.9. The molecule has 9 heteroatoms. The number of benzene rings is 1. The van der Waals surface area contributed by atoms with Gasteiger partial charge in [-0.15, -0.1) is 0 Å². The number of carbonyl (C=O) groups excluding carboxylic acids is 2. The van der Waals surface area contributed by atoms with Crippen LogP contribution < -0.4 is 19.5 Å². The number of ether oxygens (including phenoxy) is 3. The molecule has 4 N–H and O–H groups in total. The Morgan fingerprint density at radius 1 is 0.867 bits per heavy atom. The Bertz CT molecular complexity index is 1400. The third kappa shape index (κ3) is 9.17. The number of hydrogen-bond donors (Lipinski definition) is 4. The van der Waals surface area contributed by atoms with Crippen LogP contribution in [0.3, 0.4) is 0 Å². The van der Waals surface area contributed by atoms with Gasteiger partial charge in [-0.25, -0.2) is 0 Å². The smallest absolute Gasteiger partial charge is 0.311 e. The van der Waals surface area contributed by atoms with Crippen LogP contribution in [0.2, 0.25) is 0 Å². The number of nitrogens with one attached hydrogen (secondary N) is 1. The van der Waals surface area contributed by atoms with E-state index in [9.17, 15) is 24.9 Å². The lowest BCUT2D eigenvalue weighted by Crippen LogP contribution is -2.57. The maximum Gasteiger partial charge on any atom is 0.311 e. The van der Waals surface area contributed by atoms with Crippen molar-refractivity contribution in [2.75, 3.05) is 6.79 Å². The van der Waals surface area contributed by atoms with Crippen LogP contribution in [-0.4, -0.2) is 58.3 Å². The molecule has 0 spiro atoms. The van der Waals surface area contributed by atoms with Crippen molar-refractivity contribution in [2.45, 2.75) is 82.6 Å². The lowest BCUT2D eigenvalue weighted by molar-refractivity contribution is -0.134. The second-order valence-corrected chi connectivity index (χ2v) is 10.8. The number of rotatable bonds is 15. The van der Waals surface area contributed by atoms with E-state index >= 15 is 0 Å². The number of aliphatic hydroxyl groups is 3. The maximum absolute atomic E-state index is 13.1. The summed E-state index contributed by atoms with van der Waals surface area (Å²) in [6, 6.07) is 0.612. The fourth-order valence-corrected chi connectivity index (χ4v) is 5.17. The quantitative estimate of drug-likeness (QED) is 0.117. The molecule has 2 aliphatic heterocycles. The van der Waals surface area contributed by atoms with E-state index in [0.717, 1.165) is 38.5 Å². The number of carbonyl (C=O) groups is 2. The molecule has 3 aliphatic rings. The molecule has 0 aromatic heterocycles. The van der Waals surface area contributed by atoms with E-state index < -0.39 is 36.2 Å². The zero-order chi connectivity index (χ0) is 32.0. The zero-order valence-corrected chi connectivity index (χ0v) is 25.6. The first-order valence-corrected chi connectivity index (χ1v) is 15.6. The van der Waals surface area contributed by atoms with Crippen molar-refractivity contribution in [1.29, 1.82) is 0 Å². The number of allylic oxidation sites excluding steroid dienone is 12. The van der Waals surface area contributed by atoms with Gasteiger partial charge in [-0.05, 0) is 62.7 Å². The van der Waals surface area contributed by atoms with Gasteiger partial charge < -0.3 is 34.8 Å². The SMILES string of the molecule is CC/C=C\C/C=C\C/C=C\C/C=C\C/C=C\C/C=C\CCC(=O)Oc1c2c(cc3c1C(=O)N[C@@H]1C3=C[C@H](O)[C@@H](O)[C@H]1O)OCO2. The molecule has 1 aromatic rings. The maximum atomic E-state index is 13.1. The summed E-state index contributed by atoms with van der Waals surface area (Å²) in [5.41, 5.74) is 0.765. The minimum atomic E-state index is -1.46. The van der Waals surface area contributed by atoms with E-state index in [1.54, 1.807) is 6.07 Å². The predicted molar refractivity (Wildman–Crippen MR) is 173 cm³/mol. The molecule has 0 radical (unpaired) electrons. The average Bonchev–Trinajstić information content (AvgIpc) is 3.50. The van der Waals surface area contributed by atoms with E-state index in [1.807, 2.05) is 12.2 Å². The van der Waals surface area contributed by atoms with E-state index in [1.165, 1.54) is 6.08 Å². The summed E-state index contributed by atoms with van der Waals surface area (Å²) >= 11 is 0. The Morgan fingerprint density at radius 3 is 2.04 bits per heavy atom. The Balaban J connectivity index is 1.22. The highest BCUT2D eigenvalue weighted by molar-refractivity contribution is 6.08. The van der Waals surface area contributed by atoms with Crippen LogP contribution in [0.5, 0.6) is 17.2 Å². The number of amides is 1. The lowest BCUT2D eigenvalue weighted by Gasteiger charge is -2.39. The number of fused-ring (bicyclic) bond motifs is 4. The largest absolute Gasteiger partial charge is 0.453 e. The fourth-order valence-electron chi connectivity index (χ4n) is 5.17. The molecule has 0 saturated heterocycles. The van der Waals surface area contributed by atoms with Crippen LogP contribution in [0.15, 0.2) is 85.1 Å². The molecule has 0 saturated carbocycles. The third-order valence-electron chi connectivity index (χ3n) is 7.50. The van der Waals surface area contributed by atoms with Gasteiger partial charge in [0.25, 0.3) is 5.91 Å². The highest BCUT2D eigenvalue weighted by Gasteiger charge is 2.45. The topological polar surface area (TPSA) is 135 Å². The third-order valence-corrected chi connectivity index (χ3v) is 7.50. The van der Waals surface area contributed by atoms with Crippen LogP contribution in [0.1, 0.15) is 74.2 Å². The van der Waals surface area contributed by atoms with Gasteiger partial charge in [0.05, 0.1) is 11.6 Å². The second kappa shape index (κ2) is 17.3. The molecule has 2 heterocycles. The van der Waals surface area contributed by atoms with Crippen molar-refractivity contribution >= 4 is 17.4 Å². The number of aliphatic hydroxyl groups excluding tert-OH is 3. The molecule has 4 rings (SSSR count). The predicted octanol–water partition coefficient (Wildman–Crippen LogP) is 5.39. The molecule has 240 valence electrons. The molecule has 0 fully saturated rings. The van der Waals surface area contributed by atoms with Crippen LogP contribution in [0, 0.1) is 0 Å². The normalized spacial score (nSPS) is 22.7. The second-order valence-electron chi connectivity index (χ2n) is 10.8. The van der Waals surface area contributed by atoms with Crippen LogP contribution >= 0.6 is 0 Å². The number of hydrogen-bond acceptors (Lipinski definition) is 8. The molecule has 4 atom stereocenters. The molecule has 45 heavy (non-hydrogen) atoms. The zero-order valence-electron chi connectivity index (χ0n) is 25.6. The summed E-state index contributed by atoms with van der Waals surface area (Å²) < 4.78 is 16.7. The summed E-state index contributed by atoms with van der Waals surface area (Å²) in [7, 11) is 0. The van der Waals surface area contributed by atoms with Crippen molar-refractivity contribution in [3.63, 3.8) is 0 Å². The molecular formula is C36H43NO8. The summed E-state index contributed by atoms with van der Waals surface area (Å²) in [5.74, 6) is -0.809. The summed E-state index contributed by atoms with van der Waals surface area (Å²) in [4.78, 5) is 25.9. The first kappa shape index (κ1) is 33.7. The molecular weight excluding hydrogens is 574 g/mol. The minimum Gasteiger partial charge on any atom is -0.453 e. The van der Waals surface area contributed by atoms with Gasteiger partial charge in [0, 0.05) is 12.0 Å². The standard InChI is InChI=1S/C36H43NO8/c1-2-3-4-5-6-7-8-9-10-11-12-13-14-15-16-17-18-19-20-21-29(39)45-35-30-25(23-28-34(35)44-24-43-28)26-22-27(38)32(40)33(41)31(26)37-36(30)42/h3-4,6-7,9-10,12-13,15-16,18-19,22-23,27,31-33,38,40-41H,2,5,8,11,14,17,20-21,24H2,1H3,(H,37,42)/b4-3-,7-6-,10-9-,13-12-,16-15-,19-18-/t27-,31+,32+,33-/m0/s1. The van der Waals surface area contributed by atoms with Gasteiger partial charge in [0.15, 0.2) is 11.5 Å². The number of esters is 1. The monoisotopic (exact) mass is 617 g/mol. The van der Waals surface area contributed by atoms with Crippen LogP contribution in [-0.2, 0) is 4.79 Å². The van der Waals surface area contributed by atoms with Crippen molar-refractivity contribution in [3.05, 3.63) is 96.2 Å². The van der Waals surface area contributed by atoms with E-state index in [-0.39, 0.29) is 36.0 Å². The van der Waals surface area contributed by atoms with Crippen molar-refractivity contribution in [2.24, 2.45) is 0 Å². The van der Waals surface area contributed by atoms with Crippen molar-refractivity contribution < 1.29 is 39.1 Å². The molecule has 1 aliphatic carbocycles. The van der Waals surface area contributed by atoms with Crippen LogP contribution in [0.25, 0.3) is 5.57 Å². The lowest BCUT2D eigenvalue weighted by atomic mass is 9.79. The highest BCUT2D eigenvalue weighted by Crippen LogP contribution is 2.49. The van der Waals surface area contributed by atoms with E-state index in [0.29, 0.717) is 17.6 Å². The van der Waals surface area contributed by atoms with E-state index in [4.69, 9.17) is 14.2 Å². The molecule has 9 nitrogen and oxygen atoms in total. The van der Waals surface area contributed by atoms with Gasteiger partial charge >= 0.3 is 5.97 Å². The van der Waals surface area contributed by atoms with Gasteiger partial charge in [0.1, 0.15) is 18.3 Å². The Hall–Kier alpha value is -4.18. The van der Waals surface area contributed by atoms with E-state index in [2.05, 4.69) is 73.0 Å². The van der Waals surface area contributed by atoms with Crippen molar-refractivity contribution in [1.82, 2.24) is 5.32 Å². The van der Waals surface area contributed by atoms with Gasteiger partial charge in [-0.3, -0.25) is 9.59 Å². The summed E-state index contributed by atoms with van der Waals surface area (Å²) in [6.45, 7) is 2.02. The fraction of sp³-hybridized carbons (Fsp3) is 0.389. The molecule has 1 aromatic carbocycles. The van der Waals surface area contributed by atoms with Crippen molar-refractivity contribution in [3.8, 4) is 17.2 Å². The molecule has 1 amide bonds. The summed E-state index contributed by atoms with van der Waals surface area (Å²) in [5, 5.41) is 33.4. The van der Waals surface area contributed by atoms with Crippen LogP contribution in [0.4, 0.5) is 0 Å². The first-order valence-electron chi connectivity index (χ1n) is 15.6. The average molecular weight is 618 g/mol. The molecule has 0 bridgehead atoms. The van der Waals surface area contributed by atoms with Gasteiger partial charge in [0.2, 0.25) is 12.5 Å². The Morgan fingerprint density at radius 2 is 1.44 bits per heavy atom. The minimum absolute atomic E-state index is 0.0415. The highest BCUT2D eigenvalue weighted by atomic mass is 16.7. The Kier molecular flexibility index (Phi) is 13.0.